The number of aromatic nitrogens is 1. The van der Waals surface area contributed by atoms with Crippen molar-refractivity contribution in [3.05, 3.63) is 119 Å². The fourth-order valence-corrected chi connectivity index (χ4v) is 4.58. The molecule has 1 unspecified atom stereocenters. The maximum absolute atomic E-state index is 12.0. The van der Waals surface area contributed by atoms with Gasteiger partial charge < -0.3 is 14.9 Å². The van der Waals surface area contributed by atoms with E-state index in [4.69, 9.17) is 10.6 Å². The zero-order chi connectivity index (χ0) is 22.4. The fraction of sp³-hybridized carbons (Fsp3) is 0.120. The molecule has 0 saturated carbocycles. The summed E-state index contributed by atoms with van der Waals surface area (Å²) < 4.78 is 5.25. The van der Waals surface area contributed by atoms with Gasteiger partial charge in [-0.15, -0.1) is 23.7 Å². The van der Waals surface area contributed by atoms with E-state index >= 15 is 0 Å². The van der Waals surface area contributed by atoms with Gasteiger partial charge in [0.15, 0.2) is 11.2 Å². The number of rotatable bonds is 8. The van der Waals surface area contributed by atoms with Crippen molar-refractivity contribution in [2.75, 3.05) is 12.4 Å². The lowest BCUT2D eigenvalue weighted by Crippen LogP contribution is -2.38. The molecule has 6 nitrogen and oxygen atoms in total. The third-order valence-corrected chi connectivity index (χ3v) is 6.05. The molecule has 0 radical (unpaired) electrons. The van der Waals surface area contributed by atoms with Gasteiger partial charge in [-0.25, -0.2) is 9.78 Å². The molecular weight excluding hydrogens is 458 g/mol. The first-order valence-electron chi connectivity index (χ1n) is 10.0. The molecule has 0 amide bonds. The minimum absolute atomic E-state index is 0. The van der Waals surface area contributed by atoms with Crippen molar-refractivity contribution in [1.29, 1.82) is 0 Å². The Balaban J connectivity index is 0.00000306. The van der Waals surface area contributed by atoms with Crippen molar-refractivity contribution < 1.29 is 14.4 Å². The maximum atomic E-state index is 12.0. The van der Waals surface area contributed by atoms with Gasteiger partial charge >= 0.3 is 5.97 Å². The topological polar surface area (TPSA) is 86.5 Å². The average molecular weight is 482 g/mol. The Morgan fingerprint density at radius 2 is 1.36 bits per heavy atom. The Labute approximate surface area is 202 Å². The van der Waals surface area contributed by atoms with E-state index in [1.807, 2.05) is 54.6 Å². The van der Waals surface area contributed by atoms with Crippen LogP contribution in [0.4, 0.5) is 5.13 Å². The average Bonchev–Trinajstić information content (AvgIpc) is 3.32. The molecular formula is C25H24ClN3O3S. The van der Waals surface area contributed by atoms with Crippen molar-refractivity contribution in [2.45, 2.75) is 11.6 Å². The number of carbonyl (C=O) groups excluding carboxylic acids is 1. The number of thiazole rings is 1. The summed E-state index contributed by atoms with van der Waals surface area (Å²) in [5, 5.41) is 6.06. The van der Waals surface area contributed by atoms with E-state index < -0.39 is 17.6 Å². The first-order chi connectivity index (χ1) is 15.7. The molecule has 0 aliphatic carbocycles. The van der Waals surface area contributed by atoms with Gasteiger partial charge in [-0.1, -0.05) is 91.0 Å². The quantitative estimate of drug-likeness (QED) is 0.270. The van der Waals surface area contributed by atoms with Crippen LogP contribution >= 0.6 is 23.7 Å². The Morgan fingerprint density at radius 3 is 1.76 bits per heavy atom. The van der Waals surface area contributed by atoms with Crippen LogP contribution in [-0.2, 0) is 19.9 Å². The highest BCUT2D eigenvalue weighted by molar-refractivity contribution is 7.13. The molecule has 170 valence electrons. The molecule has 1 heterocycles. The number of nitrogens with two attached hydrogens (primary N) is 1. The number of nitrogens with one attached hydrogen (secondary N) is 1. The Hall–Kier alpha value is -3.23. The molecule has 33 heavy (non-hydrogen) atoms. The number of carbonyl (C=O) groups is 1. The van der Waals surface area contributed by atoms with Crippen molar-refractivity contribution in [1.82, 2.24) is 4.98 Å². The standard InChI is InChI=1S/C25H23N3O3S.ClH/c1-30-22(23(29)31-26)21-17-32-24(27-21)28-25(18-11-5-2-6-12-18,19-13-7-3-8-14-19)20-15-9-4-10-16-20;/h2-17,22H,26H2,1H3,(H,27,28);1H. The summed E-state index contributed by atoms with van der Waals surface area (Å²) in [6.45, 7) is 0. The summed E-state index contributed by atoms with van der Waals surface area (Å²) >= 11 is 1.38. The first-order valence-corrected chi connectivity index (χ1v) is 10.9. The monoisotopic (exact) mass is 481 g/mol. The van der Waals surface area contributed by atoms with E-state index in [1.165, 1.54) is 18.4 Å². The van der Waals surface area contributed by atoms with Crippen LogP contribution in [0, 0.1) is 0 Å². The number of halogens is 1. The molecule has 3 aromatic carbocycles. The van der Waals surface area contributed by atoms with Crippen LogP contribution in [0.1, 0.15) is 28.5 Å². The van der Waals surface area contributed by atoms with E-state index in [1.54, 1.807) is 5.38 Å². The molecule has 0 fully saturated rings. The van der Waals surface area contributed by atoms with Gasteiger partial charge in [0.25, 0.3) is 0 Å². The summed E-state index contributed by atoms with van der Waals surface area (Å²) in [5.74, 6) is 4.35. The number of hydrogen-bond donors (Lipinski definition) is 2. The Morgan fingerprint density at radius 1 is 0.909 bits per heavy atom. The SMILES string of the molecule is COC(C(=O)ON)c1csc(NC(c2ccccc2)(c2ccccc2)c2ccccc2)n1.Cl. The third kappa shape index (κ3) is 4.91. The van der Waals surface area contributed by atoms with Crippen LogP contribution in [0.2, 0.25) is 0 Å². The van der Waals surface area contributed by atoms with Crippen LogP contribution in [0.3, 0.4) is 0 Å². The van der Waals surface area contributed by atoms with Gasteiger partial charge in [-0.05, 0) is 16.7 Å². The molecule has 1 atom stereocenters. The predicted octanol–water partition coefficient (Wildman–Crippen LogP) is 5.07. The second-order valence-electron chi connectivity index (χ2n) is 7.10. The lowest BCUT2D eigenvalue weighted by atomic mass is 9.77. The maximum Gasteiger partial charge on any atom is 0.360 e. The first kappa shape index (κ1) is 24.4. The van der Waals surface area contributed by atoms with Gasteiger partial charge in [-0.3, -0.25) is 0 Å². The molecule has 1 aromatic heterocycles. The Bertz CT molecular complexity index is 1060. The van der Waals surface area contributed by atoms with E-state index in [0.717, 1.165) is 16.7 Å². The highest BCUT2D eigenvalue weighted by Crippen LogP contribution is 2.41. The zero-order valence-corrected chi connectivity index (χ0v) is 19.5. The van der Waals surface area contributed by atoms with E-state index in [-0.39, 0.29) is 12.4 Å². The summed E-state index contributed by atoms with van der Waals surface area (Å²) in [7, 11) is 1.41. The van der Waals surface area contributed by atoms with Crippen LogP contribution in [0.25, 0.3) is 0 Å². The fourth-order valence-electron chi connectivity index (χ4n) is 3.80. The van der Waals surface area contributed by atoms with Gasteiger partial charge in [-0.2, -0.15) is 5.90 Å². The lowest BCUT2D eigenvalue weighted by molar-refractivity contribution is -0.156. The highest BCUT2D eigenvalue weighted by Gasteiger charge is 2.37. The van der Waals surface area contributed by atoms with Crippen molar-refractivity contribution in [3.8, 4) is 0 Å². The van der Waals surface area contributed by atoms with E-state index in [0.29, 0.717) is 10.8 Å². The predicted molar refractivity (Wildman–Crippen MR) is 132 cm³/mol. The van der Waals surface area contributed by atoms with E-state index in [2.05, 4.69) is 51.5 Å². The van der Waals surface area contributed by atoms with E-state index in [9.17, 15) is 4.79 Å². The highest BCUT2D eigenvalue weighted by atomic mass is 35.5. The van der Waals surface area contributed by atoms with Gasteiger partial charge in [0.1, 0.15) is 5.54 Å². The van der Waals surface area contributed by atoms with Crippen LogP contribution < -0.4 is 11.2 Å². The smallest absolute Gasteiger partial charge is 0.360 e. The molecule has 0 spiro atoms. The Kier molecular flexibility index (Phi) is 8.19. The number of nitrogens with zero attached hydrogens (tertiary/aromatic N) is 1. The minimum Gasteiger partial charge on any atom is -0.371 e. The largest absolute Gasteiger partial charge is 0.371 e. The molecule has 3 N–H and O–H groups in total. The molecule has 8 heteroatoms. The van der Waals surface area contributed by atoms with Crippen LogP contribution in [-0.4, -0.2) is 18.1 Å². The minimum atomic E-state index is -0.994. The normalized spacial score (nSPS) is 11.8. The summed E-state index contributed by atoms with van der Waals surface area (Å²) in [6.07, 6.45) is -0.994. The third-order valence-electron chi connectivity index (χ3n) is 5.27. The zero-order valence-electron chi connectivity index (χ0n) is 17.9. The summed E-state index contributed by atoms with van der Waals surface area (Å²) in [4.78, 5) is 21.0. The number of anilines is 1. The van der Waals surface area contributed by atoms with Crippen LogP contribution in [0.15, 0.2) is 96.4 Å². The molecule has 0 aliphatic heterocycles. The second kappa shape index (κ2) is 11.1. The van der Waals surface area contributed by atoms with Gasteiger partial charge in [0.2, 0.25) is 0 Å². The second-order valence-corrected chi connectivity index (χ2v) is 7.96. The van der Waals surface area contributed by atoms with Crippen molar-refractivity contribution in [3.63, 3.8) is 0 Å². The lowest BCUT2D eigenvalue weighted by Gasteiger charge is -2.36. The van der Waals surface area contributed by atoms with Gasteiger partial charge in [0.05, 0.1) is 5.69 Å². The van der Waals surface area contributed by atoms with Crippen LogP contribution in [0.5, 0.6) is 0 Å². The number of ether oxygens (including phenoxy) is 1. The molecule has 4 rings (SSSR count). The van der Waals surface area contributed by atoms with Crippen molar-refractivity contribution in [2.24, 2.45) is 5.90 Å². The number of hydrogen-bond acceptors (Lipinski definition) is 7. The van der Waals surface area contributed by atoms with Crippen molar-refractivity contribution >= 4 is 34.8 Å². The number of benzene rings is 3. The summed E-state index contributed by atoms with van der Waals surface area (Å²) in [5.41, 5.74) is 2.88. The molecule has 0 bridgehead atoms. The summed E-state index contributed by atoms with van der Waals surface area (Å²) in [6, 6.07) is 30.6. The van der Waals surface area contributed by atoms with Gasteiger partial charge in [0, 0.05) is 12.5 Å². The molecule has 0 aliphatic rings. The number of methoxy groups -OCH3 is 1. The molecule has 4 aromatic rings. The molecule has 0 saturated heterocycles.